The number of pyridine rings is 1. The fraction of sp³-hybridized carbons (Fsp3) is 0.379. The number of nitrogens with zero attached hydrogens (tertiary/aromatic N) is 2. The molecule has 0 unspecified atom stereocenters. The van der Waals surface area contributed by atoms with Crippen LogP contribution in [0.5, 0.6) is 11.6 Å². The third kappa shape index (κ3) is 5.24. The van der Waals surface area contributed by atoms with Gasteiger partial charge in [-0.3, -0.25) is 0 Å². The summed E-state index contributed by atoms with van der Waals surface area (Å²) in [5.41, 5.74) is 5.05. The second-order valence-corrected chi connectivity index (χ2v) is 9.62. The monoisotopic (exact) mass is 456 g/mol. The average molecular weight is 457 g/mol. The molecule has 1 aromatic heterocycles. The summed E-state index contributed by atoms with van der Waals surface area (Å²) in [6.07, 6.45) is 5.55. The number of hydrogen-bond acceptors (Lipinski definition) is 5. The maximum absolute atomic E-state index is 11.4. The third-order valence-corrected chi connectivity index (χ3v) is 6.88. The van der Waals surface area contributed by atoms with Gasteiger partial charge >= 0.3 is 0 Å². The molecule has 1 fully saturated rings. The molecule has 1 aliphatic heterocycles. The molecular formula is C29H32N2O3. The third-order valence-electron chi connectivity index (χ3n) is 6.88. The van der Waals surface area contributed by atoms with E-state index in [4.69, 9.17) is 9.47 Å². The van der Waals surface area contributed by atoms with Crippen LogP contribution in [0.4, 0.5) is 5.69 Å². The van der Waals surface area contributed by atoms with Crippen LogP contribution in [0, 0.1) is 0 Å². The van der Waals surface area contributed by atoms with Gasteiger partial charge in [-0.25, -0.2) is 4.98 Å². The summed E-state index contributed by atoms with van der Waals surface area (Å²) in [5.74, 6) is 2.02. The molecule has 5 nitrogen and oxygen atoms in total. The fourth-order valence-electron chi connectivity index (χ4n) is 5.11. The number of Topliss-reactive ketones (excluding diaryl/α,β-unsaturated/α-hetero) is 1. The highest BCUT2D eigenvalue weighted by Gasteiger charge is 2.26. The highest BCUT2D eigenvalue weighted by molar-refractivity contribution is 5.76. The maximum Gasteiger partial charge on any atom is 0.215 e. The minimum atomic E-state index is 0.141. The summed E-state index contributed by atoms with van der Waals surface area (Å²) in [7, 11) is 0. The van der Waals surface area contributed by atoms with Gasteiger partial charge in [0, 0.05) is 50.2 Å². The van der Waals surface area contributed by atoms with Crippen LogP contribution in [0.1, 0.15) is 49.3 Å². The molecule has 5 heteroatoms. The van der Waals surface area contributed by atoms with Crippen LogP contribution >= 0.6 is 0 Å². The molecule has 34 heavy (non-hydrogen) atoms. The van der Waals surface area contributed by atoms with Crippen molar-refractivity contribution in [2.45, 2.75) is 57.7 Å². The summed E-state index contributed by atoms with van der Waals surface area (Å²) in [6, 6.07) is 20.8. The molecule has 0 amide bonds. The van der Waals surface area contributed by atoms with Crippen molar-refractivity contribution in [3.05, 3.63) is 83.6 Å². The Morgan fingerprint density at radius 3 is 2.47 bits per heavy atom. The van der Waals surface area contributed by atoms with Crippen molar-refractivity contribution < 1.29 is 14.3 Å². The van der Waals surface area contributed by atoms with Crippen molar-refractivity contribution in [3.63, 3.8) is 0 Å². The van der Waals surface area contributed by atoms with Crippen LogP contribution in [0.2, 0.25) is 0 Å². The van der Waals surface area contributed by atoms with Gasteiger partial charge in [-0.1, -0.05) is 43.3 Å². The zero-order valence-electron chi connectivity index (χ0n) is 19.9. The first-order valence-electron chi connectivity index (χ1n) is 12.2. The first-order valence-corrected chi connectivity index (χ1v) is 12.2. The Morgan fingerprint density at radius 2 is 1.76 bits per heavy atom. The predicted octanol–water partition coefficient (Wildman–Crippen LogP) is 5.37. The zero-order chi connectivity index (χ0) is 23.5. The SMILES string of the molecule is CC(=O)C[C@@H](C)c1ccc(O[C@@H]2CCN(c3ccnc(OC4Cc5ccccc5C4)c3)C2)cc1. The van der Waals surface area contributed by atoms with E-state index >= 15 is 0 Å². The first-order chi connectivity index (χ1) is 16.5. The fourth-order valence-corrected chi connectivity index (χ4v) is 5.11. The lowest BCUT2D eigenvalue weighted by Gasteiger charge is -2.20. The lowest BCUT2D eigenvalue weighted by Crippen LogP contribution is -2.24. The van der Waals surface area contributed by atoms with Gasteiger partial charge in [0.1, 0.15) is 23.7 Å². The van der Waals surface area contributed by atoms with E-state index in [0.717, 1.165) is 43.8 Å². The number of aromatic nitrogens is 1. The first kappa shape index (κ1) is 22.5. The van der Waals surface area contributed by atoms with Crippen LogP contribution in [0.25, 0.3) is 0 Å². The zero-order valence-corrected chi connectivity index (χ0v) is 19.9. The van der Waals surface area contributed by atoms with E-state index in [9.17, 15) is 4.79 Å². The number of ketones is 1. The lowest BCUT2D eigenvalue weighted by atomic mass is 9.96. The number of ether oxygens (including phenoxy) is 2. The van der Waals surface area contributed by atoms with E-state index in [0.29, 0.717) is 12.3 Å². The van der Waals surface area contributed by atoms with Crippen molar-refractivity contribution in [1.82, 2.24) is 4.98 Å². The Balaban J connectivity index is 1.16. The minimum Gasteiger partial charge on any atom is -0.489 e. The van der Waals surface area contributed by atoms with E-state index in [1.165, 1.54) is 16.7 Å². The molecule has 5 rings (SSSR count). The van der Waals surface area contributed by atoms with Crippen LogP contribution in [-0.4, -0.2) is 36.1 Å². The highest BCUT2D eigenvalue weighted by atomic mass is 16.5. The molecule has 0 N–H and O–H groups in total. The van der Waals surface area contributed by atoms with Crippen molar-refractivity contribution in [1.29, 1.82) is 0 Å². The summed E-state index contributed by atoms with van der Waals surface area (Å²) in [5, 5.41) is 0. The molecule has 0 bridgehead atoms. The topological polar surface area (TPSA) is 51.7 Å². The van der Waals surface area contributed by atoms with Gasteiger partial charge in [-0.05, 0) is 47.7 Å². The lowest BCUT2D eigenvalue weighted by molar-refractivity contribution is -0.117. The number of fused-ring (bicyclic) bond motifs is 1. The molecule has 3 aromatic rings. The summed E-state index contributed by atoms with van der Waals surface area (Å²) in [4.78, 5) is 18.2. The Labute approximate surface area is 201 Å². The van der Waals surface area contributed by atoms with Crippen LogP contribution in [0.15, 0.2) is 66.9 Å². The Bertz CT molecular complexity index is 1120. The number of rotatable bonds is 8. The Hall–Kier alpha value is -3.34. The van der Waals surface area contributed by atoms with Gasteiger partial charge in [-0.15, -0.1) is 0 Å². The van der Waals surface area contributed by atoms with E-state index < -0.39 is 0 Å². The maximum atomic E-state index is 11.4. The molecule has 2 aliphatic rings. The Kier molecular flexibility index (Phi) is 6.52. The van der Waals surface area contributed by atoms with Gasteiger partial charge in [0.25, 0.3) is 0 Å². The van der Waals surface area contributed by atoms with Crippen molar-refractivity contribution >= 4 is 11.5 Å². The summed E-state index contributed by atoms with van der Waals surface area (Å²) in [6.45, 7) is 5.51. The van der Waals surface area contributed by atoms with Crippen LogP contribution < -0.4 is 14.4 Å². The van der Waals surface area contributed by atoms with Crippen LogP contribution in [0.3, 0.4) is 0 Å². The number of carbonyl (C=O) groups is 1. The quantitative estimate of drug-likeness (QED) is 0.456. The molecule has 0 radical (unpaired) electrons. The van der Waals surface area contributed by atoms with E-state index in [1.54, 1.807) is 6.92 Å². The van der Waals surface area contributed by atoms with Gasteiger partial charge in [0.15, 0.2) is 0 Å². The molecule has 0 saturated carbocycles. The van der Waals surface area contributed by atoms with E-state index in [2.05, 4.69) is 59.3 Å². The molecule has 1 aliphatic carbocycles. The molecule has 0 spiro atoms. The minimum absolute atomic E-state index is 0.141. The normalized spacial score (nSPS) is 18.5. The Morgan fingerprint density at radius 1 is 1.03 bits per heavy atom. The van der Waals surface area contributed by atoms with Gasteiger partial charge in [0.2, 0.25) is 5.88 Å². The second kappa shape index (κ2) is 9.88. The van der Waals surface area contributed by atoms with E-state index in [-0.39, 0.29) is 23.9 Å². The number of hydrogen-bond donors (Lipinski definition) is 0. The standard InChI is InChI=1S/C29H32N2O3/c1-20(15-21(2)32)22-7-9-26(10-8-22)33-27-12-14-31(19-27)25-11-13-30-29(18-25)34-28-16-23-5-3-4-6-24(23)17-28/h3-11,13,18,20,27-28H,12,14-17,19H2,1-2H3/t20-,27-/m1/s1. The molecule has 2 aromatic carbocycles. The number of anilines is 1. The average Bonchev–Trinajstić information content (AvgIpc) is 3.46. The van der Waals surface area contributed by atoms with Crippen molar-refractivity contribution in [2.75, 3.05) is 18.0 Å². The number of carbonyl (C=O) groups excluding carboxylic acids is 1. The van der Waals surface area contributed by atoms with Gasteiger partial charge < -0.3 is 19.2 Å². The largest absolute Gasteiger partial charge is 0.489 e. The summed E-state index contributed by atoms with van der Waals surface area (Å²) >= 11 is 0. The van der Waals surface area contributed by atoms with Crippen molar-refractivity contribution in [3.8, 4) is 11.6 Å². The molecule has 1 saturated heterocycles. The van der Waals surface area contributed by atoms with Crippen LogP contribution in [-0.2, 0) is 17.6 Å². The molecule has 176 valence electrons. The van der Waals surface area contributed by atoms with Gasteiger partial charge in [-0.2, -0.15) is 0 Å². The predicted molar refractivity (Wildman–Crippen MR) is 134 cm³/mol. The summed E-state index contributed by atoms with van der Waals surface area (Å²) < 4.78 is 12.5. The smallest absolute Gasteiger partial charge is 0.215 e. The van der Waals surface area contributed by atoms with Crippen molar-refractivity contribution in [2.24, 2.45) is 0 Å². The number of benzene rings is 2. The second-order valence-electron chi connectivity index (χ2n) is 9.62. The van der Waals surface area contributed by atoms with Gasteiger partial charge in [0.05, 0.1) is 6.54 Å². The molecular weight excluding hydrogens is 424 g/mol. The molecule has 2 heterocycles. The van der Waals surface area contributed by atoms with E-state index in [1.807, 2.05) is 24.4 Å². The highest BCUT2D eigenvalue weighted by Crippen LogP contribution is 2.29. The molecule has 2 atom stereocenters.